The number of aryl methyl sites for hydroxylation is 1. The minimum Gasteiger partial charge on any atom is -0.478 e. The Balaban J connectivity index is 1.82. The van der Waals surface area contributed by atoms with Crippen molar-refractivity contribution in [3.8, 4) is 17.1 Å². The monoisotopic (exact) mass is 376 g/mol. The molecule has 0 fully saturated rings. The van der Waals surface area contributed by atoms with Crippen LogP contribution in [0.25, 0.3) is 22.3 Å². The van der Waals surface area contributed by atoms with Crippen LogP contribution in [0, 0.1) is 6.92 Å². The van der Waals surface area contributed by atoms with E-state index in [1.807, 2.05) is 54.8 Å². The van der Waals surface area contributed by atoms with Crippen LogP contribution in [0.5, 0.6) is 5.75 Å². The summed E-state index contributed by atoms with van der Waals surface area (Å²) in [6.07, 6.45) is 0. The lowest BCUT2D eigenvalue weighted by molar-refractivity contribution is 0.0924. The molecule has 2 aromatic carbocycles. The third kappa shape index (κ3) is 3.41. The van der Waals surface area contributed by atoms with Gasteiger partial charge in [-0.3, -0.25) is 9.59 Å². The highest BCUT2D eigenvalue weighted by Gasteiger charge is 2.19. The number of Topliss-reactive ketones (excluding diaryl/α,β-unsaturated/α-hetero) is 1. The minimum atomic E-state index is -0.283. The van der Waals surface area contributed by atoms with E-state index in [-0.39, 0.29) is 23.6 Å². The molecule has 0 saturated heterocycles. The second kappa shape index (κ2) is 7.21. The van der Waals surface area contributed by atoms with Gasteiger partial charge in [-0.1, -0.05) is 42.5 Å². The molecular formula is C22H16O4S. The fraction of sp³-hybridized carbons (Fsp3) is 0.0909. The predicted molar refractivity (Wildman–Crippen MR) is 107 cm³/mol. The van der Waals surface area contributed by atoms with E-state index in [0.29, 0.717) is 21.6 Å². The van der Waals surface area contributed by atoms with Crippen LogP contribution in [0.4, 0.5) is 0 Å². The Morgan fingerprint density at radius 2 is 1.89 bits per heavy atom. The second-order valence-corrected chi connectivity index (χ2v) is 7.09. The minimum absolute atomic E-state index is 0.0578. The van der Waals surface area contributed by atoms with Gasteiger partial charge in [0.25, 0.3) is 0 Å². The van der Waals surface area contributed by atoms with Gasteiger partial charge >= 0.3 is 0 Å². The number of rotatable bonds is 5. The molecule has 0 N–H and O–H groups in total. The number of thiophene rings is 1. The average Bonchev–Trinajstić information content (AvgIpc) is 3.22. The number of ether oxygens (including phenoxy) is 1. The molecule has 134 valence electrons. The van der Waals surface area contributed by atoms with Crippen molar-refractivity contribution in [1.82, 2.24) is 0 Å². The van der Waals surface area contributed by atoms with Crippen molar-refractivity contribution in [2.75, 3.05) is 6.61 Å². The molecule has 0 atom stereocenters. The largest absolute Gasteiger partial charge is 0.478 e. The Morgan fingerprint density at radius 1 is 1.07 bits per heavy atom. The highest BCUT2D eigenvalue weighted by atomic mass is 32.1. The van der Waals surface area contributed by atoms with Gasteiger partial charge < -0.3 is 9.15 Å². The summed E-state index contributed by atoms with van der Waals surface area (Å²) in [6.45, 7) is 1.72. The van der Waals surface area contributed by atoms with Crippen LogP contribution in [-0.4, -0.2) is 12.4 Å². The fourth-order valence-corrected chi connectivity index (χ4v) is 3.49. The summed E-state index contributed by atoms with van der Waals surface area (Å²) >= 11 is 1.34. The summed E-state index contributed by atoms with van der Waals surface area (Å²) < 4.78 is 11.7. The topological polar surface area (TPSA) is 56.5 Å². The molecule has 5 heteroatoms. The number of hydrogen-bond acceptors (Lipinski definition) is 5. The van der Waals surface area contributed by atoms with E-state index < -0.39 is 0 Å². The zero-order valence-electron chi connectivity index (χ0n) is 14.6. The Labute approximate surface area is 159 Å². The lowest BCUT2D eigenvalue weighted by Crippen LogP contribution is -2.16. The lowest BCUT2D eigenvalue weighted by atomic mass is 10.1. The van der Waals surface area contributed by atoms with Gasteiger partial charge in [-0.25, -0.2) is 0 Å². The van der Waals surface area contributed by atoms with Gasteiger partial charge in [0.15, 0.2) is 12.4 Å². The van der Waals surface area contributed by atoms with Gasteiger partial charge in [0.05, 0.1) is 10.3 Å². The van der Waals surface area contributed by atoms with Crippen LogP contribution in [0.2, 0.25) is 0 Å². The van der Waals surface area contributed by atoms with Gasteiger partial charge in [-0.15, -0.1) is 11.3 Å². The third-order valence-corrected chi connectivity index (χ3v) is 5.10. The molecule has 0 spiro atoms. The van der Waals surface area contributed by atoms with Crippen molar-refractivity contribution in [1.29, 1.82) is 0 Å². The van der Waals surface area contributed by atoms with E-state index in [0.717, 1.165) is 11.1 Å². The summed E-state index contributed by atoms with van der Waals surface area (Å²) in [6, 6.07) is 18.2. The van der Waals surface area contributed by atoms with E-state index >= 15 is 0 Å². The zero-order valence-corrected chi connectivity index (χ0v) is 15.4. The quantitative estimate of drug-likeness (QED) is 0.455. The number of carbonyl (C=O) groups excluding carboxylic acids is 1. The Kier molecular flexibility index (Phi) is 4.60. The summed E-state index contributed by atoms with van der Waals surface area (Å²) in [7, 11) is 0. The average molecular weight is 376 g/mol. The van der Waals surface area contributed by atoms with Crippen LogP contribution in [0.15, 0.2) is 75.3 Å². The second-order valence-electron chi connectivity index (χ2n) is 6.14. The number of benzene rings is 2. The van der Waals surface area contributed by atoms with Crippen molar-refractivity contribution >= 4 is 28.1 Å². The van der Waals surface area contributed by atoms with E-state index in [9.17, 15) is 9.59 Å². The highest BCUT2D eigenvalue weighted by molar-refractivity contribution is 7.12. The molecule has 27 heavy (non-hydrogen) atoms. The number of hydrogen-bond donors (Lipinski definition) is 0. The van der Waals surface area contributed by atoms with Gasteiger partial charge in [0.1, 0.15) is 5.58 Å². The smallest absolute Gasteiger partial charge is 0.235 e. The molecular weight excluding hydrogens is 360 g/mol. The Morgan fingerprint density at radius 3 is 2.63 bits per heavy atom. The van der Waals surface area contributed by atoms with Gasteiger partial charge in [0, 0.05) is 5.56 Å². The standard InChI is InChI=1S/C22H16O4S/c1-14-9-10-16-18(12-14)26-21(15-6-3-2-4-7-15)22(20(16)24)25-13-17(23)19-8-5-11-27-19/h2-12H,13H2,1H3. The molecule has 0 bridgehead atoms. The maximum atomic E-state index is 13.0. The van der Waals surface area contributed by atoms with Crippen molar-refractivity contribution in [2.45, 2.75) is 6.92 Å². The summed E-state index contributed by atoms with van der Waals surface area (Å²) in [5.41, 5.74) is 1.92. The summed E-state index contributed by atoms with van der Waals surface area (Å²) in [5, 5.41) is 2.26. The van der Waals surface area contributed by atoms with E-state index in [2.05, 4.69) is 0 Å². The van der Waals surface area contributed by atoms with Gasteiger partial charge in [-0.2, -0.15) is 0 Å². The first-order chi connectivity index (χ1) is 13.1. The molecule has 0 aliphatic rings. The molecule has 4 rings (SSSR count). The molecule has 0 aliphatic carbocycles. The fourth-order valence-electron chi connectivity index (χ4n) is 2.84. The predicted octanol–water partition coefficient (Wildman–Crippen LogP) is 5.09. The van der Waals surface area contributed by atoms with Gasteiger partial charge in [0.2, 0.25) is 17.0 Å². The van der Waals surface area contributed by atoms with Crippen LogP contribution < -0.4 is 10.2 Å². The van der Waals surface area contributed by atoms with Gasteiger partial charge in [-0.05, 0) is 36.1 Å². The molecule has 0 unspecified atom stereocenters. The molecule has 2 aromatic heterocycles. The number of carbonyl (C=O) groups is 1. The molecule has 4 nitrogen and oxygen atoms in total. The van der Waals surface area contributed by atoms with Crippen LogP contribution >= 0.6 is 11.3 Å². The molecule has 0 saturated carbocycles. The van der Waals surface area contributed by atoms with Crippen LogP contribution in [-0.2, 0) is 0 Å². The molecule has 0 aliphatic heterocycles. The molecule has 4 aromatic rings. The lowest BCUT2D eigenvalue weighted by Gasteiger charge is -2.11. The Bertz CT molecular complexity index is 1160. The maximum absolute atomic E-state index is 13.0. The van der Waals surface area contributed by atoms with Crippen molar-refractivity contribution in [3.05, 3.63) is 86.7 Å². The molecule has 2 heterocycles. The van der Waals surface area contributed by atoms with Crippen molar-refractivity contribution in [3.63, 3.8) is 0 Å². The summed E-state index contributed by atoms with van der Waals surface area (Å²) in [4.78, 5) is 25.9. The number of fused-ring (bicyclic) bond motifs is 1. The number of ketones is 1. The zero-order chi connectivity index (χ0) is 18.8. The Hall–Kier alpha value is -3.18. The highest BCUT2D eigenvalue weighted by Crippen LogP contribution is 2.31. The van der Waals surface area contributed by atoms with E-state index in [1.165, 1.54) is 11.3 Å². The maximum Gasteiger partial charge on any atom is 0.235 e. The molecule has 0 radical (unpaired) electrons. The normalized spacial score (nSPS) is 10.9. The molecule has 0 amide bonds. The first kappa shape index (κ1) is 17.2. The van der Waals surface area contributed by atoms with E-state index in [4.69, 9.17) is 9.15 Å². The first-order valence-electron chi connectivity index (χ1n) is 8.46. The SMILES string of the molecule is Cc1ccc2c(=O)c(OCC(=O)c3cccs3)c(-c3ccccc3)oc2c1. The summed E-state index contributed by atoms with van der Waals surface area (Å²) in [5.74, 6) is 0.215. The third-order valence-electron chi connectivity index (χ3n) is 4.19. The van der Waals surface area contributed by atoms with Crippen molar-refractivity contribution < 1.29 is 13.9 Å². The first-order valence-corrected chi connectivity index (χ1v) is 9.34. The van der Waals surface area contributed by atoms with Crippen molar-refractivity contribution in [2.24, 2.45) is 0 Å². The van der Waals surface area contributed by atoms with Crippen LogP contribution in [0.1, 0.15) is 15.2 Å². The van der Waals surface area contributed by atoms with Crippen LogP contribution in [0.3, 0.4) is 0 Å². The van der Waals surface area contributed by atoms with E-state index in [1.54, 1.807) is 18.2 Å².